The van der Waals surface area contributed by atoms with Crippen molar-refractivity contribution in [3.05, 3.63) is 36.5 Å². The number of nitrogens with zero attached hydrogens (tertiary/aromatic N) is 3. The number of aromatic nitrogens is 3. The van der Waals surface area contributed by atoms with Gasteiger partial charge in [0.2, 0.25) is 0 Å². The van der Waals surface area contributed by atoms with Crippen molar-refractivity contribution in [2.45, 2.75) is 5.03 Å². The fourth-order valence-electron chi connectivity index (χ4n) is 1.72. The molecule has 5 nitrogen and oxygen atoms in total. The number of rotatable bonds is 1. The molecular formula is C12H8N3O2S. The average Bonchev–Trinajstić information content (AvgIpc) is 2.81. The molecule has 3 aromatic rings. The predicted molar refractivity (Wildman–Crippen MR) is 67.6 cm³/mol. The highest BCUT2D eigenvalue weighted by Crippen LogP contribution is 2.30. The topological polar surface area (TPSA) is 70.7 Å². The van der Waals surface area contributed by atoms with Crippen LogP contribution in [-0.4, -0.2) is 24.8 Å². The molecule has 0 bridgehead atoms. The van der Waals surface area contributed by atoms with E-state index < -0.39 is 0 Å². The highest BCUT2D eigenvalue weighted by Gasteiger charge is 2.08. The van der Waals surface area contributed by atoms with Crippen LogP contribution >= 0.6 is 12.6 Å². The number of benzene rings is 1. The van der Waals surface area contributed by atoms with Gasteiger partial charge in [-0.2, -0.15) is 5.10 Å². The van der Waals surface area contributed by atoms with E-state index in [0.29, 0.717) is 21.9 Å². The average molecular weight is 258 g/mol. The van der Waals surface area contributed by atoms with E-state index in [1.54, 1.807) is 28.9 Å². The van der Waals surface area contributed by atoms with Gasteiger partial charge < -0.3 is 10.2 Å². The molecule has 0 amide bonds. The first-order chi connectivity index (χ1) is 8.65. The highest BCUT2D eigenvalue weighted by atomic mass is 32.1. The van der Waals surface area contributed by atoms with Crippen LogP contribution in [0.3, 0.4) is 0 Å². The Labute approximate surface area is 108 Å². The van der Waals surface area contributed by atoms with Gasteiger partial charge in [-0.25, -0.2) is 9.50 Å². The Balaban J connectivity index is 2.21. The van der Waals surface area contributed by atoms with Crippen LogP contribution in [0.25, 0.3) is 16.9 Å². The van der Waals surface area contributed by atoms with Crippen LogP contribution in [-0.2, 0) is 0 Å². The molecule has 1 radical (unpaired) electrons. The van der Waals surface area contributed by atoms with E-state index in [4.69, 9.17) is 12.6 Å². The zero-order valence-electron chi connectivity index (χ0n) is 9.11. The molecule has 0 aliphatic rings. The maximum absolute atomic E-state index is 9.48. The van der Waals surface area contributed by atoms with Crippen molar-refractivity contribution in [1.82, 2.24) is 14.6 Å². The molecule has 2 aromatic heterocycles. The molecule has 0 atom stereocenters. The van der Waals surface area contributed by atoms with E-state index in [9.17, 15) is 10.2 Å². The van der Waals surface area contributed by atoms with Crippen molar-refractivity contribution >= 4 is 18.3 Å². The van der Waals surface area contributed by atoms with Gasteiger partial charge in [-0.05, 0) is 18.2 Å². The van der Waals surface area contributed by atoms with Crippen LogP contribution in [0.15, 0.2) is 41.6 Å². The maximum Gasteiger partial charge on any atom is 0.158 e. The summed E-state index contributed by atoms with van der Waals surface area (Å²) in [5.74, 6) is -0.351. The van der Waals surface area contributed by atoms with E-state index in [1.807, 2.05) is 0 Å². The second kappa shape index (κ2) is 3.85. The number of phenols is 2. The summed E-state index contributed by atoms with van der Waals surface area (Å²) in [6, 6.07) is 7.97. The summed E-state index contributed by atoms with van der Waals surface area (Å²) in [4.78, 5) is 4.38. The van der Waals surface area contributed by atoms with Gasteiger partial charge in [-0.15, -0.1) is 0 Å². The molecule has 0 unspecified atom stereocenters. The number of hydrogen-bond acceptors (Lipinski definition) is 4. The van der Waals surface area contributed by atoms with Gasteiger partial charge in [0.25, 0.3) is 0 Å². The van der Waals surface area contributed by atoms with Crippen molar-refractivity contribution in [1.29, 1.82) is 0 Å². The lowest BCUT2D eigenvalue weighted by Crippen LogP contribution is -1.94. The first kappa shape index (κ1) is 10.8. The SMILES string of the molecule is Oc1ccc(-c2cc([S])n3nccc3n2)cc1O. The minimum absolute atomic E-state index is 0.164. The molecule has 2 N–H and O–H groups in total. The van der Waals surface area contributed by atoms with E-state index in [0.717, 1.165) is 0 Å². The lowest BCUT2D eigenvalue weighted by molar-refractivity contribution is 0.404. The van der Waals surface area contributed by atoms with Crippen molar-refractivity contribution in [3.63, 3.8) is 0 Å². The number of fused-ring (bicyclic) bond motifs is 1. The minimum Gasteiger partial charge on any atom is -0.504 e. The van der Waals surface area contributed by atoms with E-state index >= 15 is 0 Å². The van der Waals surface area contributed by atoms with Gasteiger partial charge >= 0.3 is 0 Å². The van der Waals surface area contributed by atoms with E-state index in [2.05, 4.69) is 10.1 Å². The van der Waals surface area contributed by atoms with Crippen LogP contribution in [0.5, 0.6) is 11.5 Å². The van der Waals surface area contributed by atoms with E-state index in [1.165, 1.54) is 12.1 Å². The summed E-state index contributed by atoms with van der Waals surface area (Å²) >= 11 is 5.20. The largest absolute Gasteiger partial charge is 0.504 e. The van der Waals surface area contributed by atoms with Gasteiger partial charge in [0, 0.05) is 17.7 Å². The van der Waals surface area contributed by atoms with Gasteiger partial charge in [0.05, 0.1) is 11.9 Å². The summed E-state index contributed by atoms with van der Waals surface area (Å²) in [5, 5.41) is 23.3. The standard InChI is InChI=1S/C12H8N3O2S/c16-9-2-1-7(5-10(9)17)8-6-12(18)15-11(14-8)3-4-13-15/h1-6,16-17H. The third-order valence-corrected chi connectivity index (χ3v) is 2.89. The fourth-order valence-corrected chi connectivity index (χ4v) is 1.97. The molecular weight excluding hydrogens is 250 g/mol. The predicted octanol–water partition coefficient (Wildman–Crippen LogP) is 2.36. The molecule has 0 spiro atoms. The third kappa shape index (κ3) is 1.63. The number of aromatic hydroxyl groups is 2. The van der Waals surface area contributed by atoms with Gasteiger partial charge in [0.1, 0.15) is 5.03 Å². The monoisotopic (exact) mass is 258 g/mol. The Hall–Kier alpha value is -2.34. The molecule has 2 heterocycles. The molecule has 0 aliphatic heterocycles. The zero-order chi connectivity index (χ0) is 12.7. The second-order valence-corrected chi connectivity index (χ2v) is 4.20. The molecule has 0 fully saturated rings. The Morgan fingerprint density at radius 1 is 1.06 bits per heavy atom. The van der Waals surface area contributed by atoms with Crippen molar-refractivity contribution in [2.75, 3.05) is 0 Å². The normalized spacial score (nSPS) is 10.9. The first-order valence-corrected chi connectivity index (χ1v) is 5.60. The molecule has 0 aliphatic carbocycles. The zero-order valence-corrected chi connectivity index (χ0v) is 9.92. The van der Waals surface area contributed by atoms with Crippen LogP contribution in [0.2, 0.25) is 0 Å². The maximum atomic E-state index is 9.48. The van der Waals surface area contributed by atoms with Gasteiger partial charge in [-0.1, -0.05) is 12.6 Å². The Morgan fingerprint density at radius 3 is 2.67 bits per heavy atom. The molecule has 1 aromatic carbocycles. The van der Waals surface area contributed by atoms with Gasteiger partial charge in [0.15, 0.2) is 17.1 Å². The van der Waals surface area contributed by atoms with Crippen LogP contribution in [0.1, 0.15) is 0 Å². The Kier molecular flexibility index (Phi) is 2.31. The second-order valence-electron chi connectivity index (χ2n) is 3.78. The minimum atomic E-state index is -0.186. The summed E-state index contributed by atoms with van der Waals surface area (Å²) in [7, 11) is 0. The summed E-state index contributed by atoms with van der Waals surface area (Å²) in [5.41, 5.74) is 1.95. The summed E-state index contributed by atoms with van der Waals surface area (Å²) in [6.07, 6.45) is 1.62. The third-order valence-electron chi connectivity index (χ3n) is 2.60. The van der Waals surface area contributed by atoms with Crippen molar-refractivity contribution in [3.8, 4) is 22.8 Å². The van der Waals surface area contributed by atoms with Crippen LogP contribution in [0.4, 0.5) is 0 Å². The number of phenolic OH excluding ortho intramolecular Hbond substituents is 2. The first-order valence-electron chi connectivity index (χ1n) is 5.19. The van der Waals surface area contributed by atoms with Gasteiger partial charge in [-0.3, -0.25) is 0 Å². The van der Waals surface area contributed by atoms with E-state index in [-0.39, 0.29) is 11.5 Å². The lowest BCUT2D eigenvalue weighted by Gasteiger charge is -2.05. The fraction of sp³-hybridized carbons (Fsp3) is 0. The number of hydrogen-bond donors (Lipinski definition) is 2. The summed E-state index contributed by atoms with van der Waals surface area (Å²) < 4.78 is 1.55. The van der Waals surface area contributed by atoms with Crippen molar-refractivity contribution in [2.24, 2.45) is 0 Å². The lowest BCUT2D eigenvalue weighted by atomic mass is 10.1. The van der Waals surface area contributed by atoms with Crippen LogP contribution < -0.4 is 0 Å². The Bertz CT molecular complexity index is 739. The Morgan fingerprint density at radius 2 is 1.89 bits per heavy atom. The van der Waals surface area contributed by atoms with Crippen LogP contribution in [0, 0.1) is 0 Å². The highest BCUT2D eigenvalue weighted by molar-refractivity contribution is 7.80. The molecule has 89 valence electrons. The summed E-state index contributed by atoms with van der Waals surface area (Å²) in [6.45, 7) is 0. The quantitative estimate of drug-likeness (QED) is 0.519. The smallest absolute Gasteiger partial charge is 0.158 e. The molecule has 18 heavy (non-hydrogen) atoms. The molecule has 0 saturated carbocycles. The molecule has 3 rings (SSSR count). The molecule has 0 saturated heterocycles. The van der Waals surface area contributed by atoms with Crippen molar-refractivity contribution < 1.29 is 10.2 Å². The molecule has 6 heteroatoms.